The number of hydrogen-bond donors (Lipinski definition) is 2. The smallest absolute Gasteiger partial charge is 0.257 e. The number of aromatic nitrogens is 1. The van der Waals surface area contributed by atoms with Gasteiger partial charge < -0.3 is 15.2 Å². The minimum Gasteiger partial charge on any atom is -0.387 e. The molecule has 2 N–H and O–H groups in total. The number of carbonyl (C=O) groups excluding carboxylic acids is 1. The van der Waals surface area contributed by atoms with Crippen LogP contribution in [0.4, 0.5) is 11.4 Å². The number of rotatable bonds is 3. The fourth-order valence-electron chi connectivity index (χ4n) is 1.53. The second-order valence-corrected chi connectivity index (χ2v) is 3.67. The summed E-state index contributed by atoms with van der Waals surface area (Å²) in [5.41, 5.74) is 3.01. The summed E-state index contributed by atoms with van der Waals surface area (Å²) in [6.45, 7) is 1.97. The van der Waals surface area contributed by atoms with Crippen molar-refractivity contribution >= 4 is 17.3 Å². The molecule has 5 heteroatoms. The third kappa shape index (κ3) is 2.44. The van der Waals surface area contributed by atoms with Crippen LogP contribution in [0.2, 0.25) is 0 Å². The van der Waals surface area contributed by atoms with Gasteiger partial charge in [0.15, 0.2) is 0 Å². The van der Waals surface area contributed by atoms with Crippen molar-refractivity contribution in [3.8, 4) is 0 Å². The Morgan fingerprint density at radius 2 is 2.24 bits per heavy atom. The third-order valence-electron chi connectivity index (χ3n) is 2.38. The van der Waals surface area contributed by atoms with E-state index in [2.05, 4.69) is 20.3 Å². The summed E-state index contributed by atoms with van der Waals surface area (Å²) >= 11 is 0. The predicted molar refractivity (Wildman–Crippen MR) is 65.2 cm³/mol. The maximum Gasteiger partial charge on any atom is 0.257 e. The van der Waals surface area contributed by atoms with Gasteiger partial charge in [-0.2, -0.15) is 0 Å². The van der Waals surface area contributed by atoms with E-state index in [0.29, 0.717) is 11.3 Å². The molecule has 0 aliphatic heterocycles. The molecule has 0 radical (unpaired) electrons. The molecule has 1 aromatic heterocycles. The van der Waals surface area contributed by atoms with Crippen LogP contribution in [0.1, 0.15) is 15.9 Å². The predicted octanol–water partition coefficient (Wildman–Crippen LogP) is 2.28. The molecule has 0 spiro atoms. The van der Waals surface area contributed by atoms with Crippen LogP contribution in [0.25, 0.3) is 0 Å². The van der Waals surface area contributed by atoms with Gasteiger partial charge in [-0.15, -0.1) is 0 Å². The number of nitrogens with one attached hydrogen (secondary N) is 2. The lowest BCUT2D eigenvalue weighted by Gasteiger charge is -2.09. The van der Waals surface area contributed by atoms with E-state index in [9.17, 15) is 4.79 Å². The van der Waals surface area contributed by atoms with Gasteiger partial charge in [0.25, 0.3) is 5.91 Å². The number of benzene rings is 1. The van der Waals surface area contributed by atoms with Crippen LogP contribution in [0, 0.1) is 6.92 Å². The molecule has 0 aliphatic carbocycles. The molecular weight excluding hydrogens is 218 g/mol. The summed E-state index contributed by atoms with van der Waals surface area (Å²) in [5.74, 6) is -0.197. The average molecular weight is 231 g/mol. The third-order valence-corrected chi connectivity index (χ3v) is 2.38. The van der Waals surface area contributed by atoms with Crippen molar-refractivity contribution in [1.82, 2.24) is 5.16 Å². The van der Waals surface area contributed by atoms with Gasteiger partial charge in [0.2, 0.25) is 0 Å². The zero-order chi connectivity index (χ0) is 12.3. The fourth-order valence-corrected chi connectivity index (χ4v) is 1.53. The van der Waals surface area contributed by atoms with E-state index >= 15 is 0 Å². The zero-order valence-corrected chi connectivity index (χ0v) is 9.65. The highest BCUT2D eigenvalue weighted by molar-refractivity contribution is 6.07. The molecule has 0 bridgehead atoms. The summed E-state index contributed by atoms with van der Waals surface area (Å²) in [7, 11) is 1.78. The van der Waals surface area contributed by atoms with Crippen molar-refractivity contribution in [2.75, 3.05) is 17.7 Å². The Kier molecular flexibility index (Phi) is 3.09. The number of hydrogen-bond acceptors (Lipinski definition) is 4. The number of anilines is 2. The maximum absolute atomic E-state index is 12.0. The second kappa shape index (κ2) is 4.69. The second-order valence-electron chi connectivity index (χ2n) is 3.67. The molecule has 1 amide bonds. The number of carbonyl (C=O) groups is 1. The number of amides is 1. The summed E-state index contributed by atoms with van der Waals surface area (Å²) < 4.78 is 4.65. The first-order valence-electron chi connectivity index (χ1n) is 5.20. The SMILES string of the molecule is CNc1cc(C)ccc1C(=O)Nc1cnoc1. The Balaban J connectivity index is 2.24. The lowest BCUT2D eigenvalue weighted by molar-refractivity contribution is 0.102. The molecule has 0 aliphatic rings. The molecule has 17 heavy (non-hydrogen) atoms. The van der Waals surface area contributed by atoms with Crippen LogP contribution in [0.3, 0.4) is 0 Å². The molecule has 0 unspecified atom stereocenters. The molecule has 88 valence electrons. The quantitative estimate of drug-likeness (QED) is 0.850. The molecule has 0 saturated heterocycles. The van der Waals surface area contributed by atoms with Gasteiger partial charge in [0.05, 0.1) is 11.8 Å². The van der Waals surface area contributed by atoms with Crippen molar-refractivity contribution in [3.05, 3.63) is 41.8 Å². The van der Waals surface area contributed by atoms with E-state index in [-0.39, 0.29) is 5.91 Å². The van der Waals surface area contributed by atoms with E-state index in [1.807, 2.05) is 19.1 Å². The molecule has 5 nitrogen and oxygen atoms in total. The molecule has 1 aromatic carbocycles. The molecular formula is C12H13N3O2. The molecule has 0 fully saturated rings. The topological polar surface area (TPSA) is 67.2 Å². The Hall–Kier alpha value is -2.30. The monoisotopic (exact) mass is 231 g/mol. The molecule has 0 atom stereocenters. The van der Waals surface area contributed by atoms with E-state index in [0.717, 1.165) is 11.3 Å². The van der Waals surface area contributed by atoms with Crippen LogP contribution >= 0.6 is 0 Å². The Morgan fingerprint density at radius 3 is 2.88 bits per heavy atom. The standard InChI is InChI=1S/C12H13N3O2/c1-8-3-4-10(11(5-8)13-2)12(16)15-9-6-14-17-7-9/h3-7,13H,1-2H3,(H,15,16). The van der Waals surface area contributed by atoms with Crippen molar-refractivity contribution in [1.29, 1.82) is 0 Å². The van der Waals surface area contributed by atoms with Gasteiger partial charge in [0.1, 0.15) is 12.0 Å². The van der Waals surface area contributed by atoms with Crippen molar-refractivity contribution in [3.63, 3.8) is 0 Å². The van der Waals surface area contributed by atoms with Crippen LogP contribution in [0.5, 0.6) is 0 Å². The van der Waals surface area contributed by atoms with Gasteiger partial charge in [-0.25, -0.2) is 0 Å². The highest BCUT2D eigenvalue weighted by Crippen LogP contribution is 2.18. The molecule has 2 aromatic rings. The van der Waals surface area contributed by atoms with Crippen molar-refractivity contribution in [2.24, 2.45) is 0 Å². The first kappa shape index (κ1) is 11.2. The lowest BCUT2D eigenvalue weighted by Crippen LogP contribution is -2.13. The largest absolute Gasteiger partial charge is 0.387 e. The van der Waals surface area contributed by atoms with Crippen LogP contribution in [-0.4, -0.2) is 18.1 Å². The zero-order valence-electron chi connectivity index (χ0n) is 9.65. The van der Waals surface area contributed by atoms with Gasteiger partial charge in [0, 0.05) is 12.7 Å². The van der Waals surface area contributed by atoms with Crippen LogP contribution in [-0.2, 0) is 0 Å². The van der Waals surface area contributed by atoms with Gasteiger partial charge in [-0.3, -0.25) is 4.79 Å². The highest BCUT2D eigenvalue weighted by Gasteiger charge is 2.11. The summed E-state index contributed by atoms with van der Waals surface area (Å²) in [6.07, 6.45) is 2.83. The summed E-state index contributed by atoms with van der Waals surface area (Å²) in [4.78, 5) is 12.0. The lowest BCUT2D eigenvalue weighted by atomic mass is 10.1. The normalized spacial score (nSPS) is 10.0. The van der Waals surface area contributed by atoms with Crippen molar-refractivity contribution < 1.29 is 9.32 Å². The van der Waals surface area contributed by atoms with E-state index in [1.54, 1.807) is 13.1 Å². The number of aryl methyl sites for hydroxylation is 1. The molecule has 2 rings (SSSR count). The molecule has 0 saturated carbocycles. The van der Waals surface area contributed by atoms with E-state index in [4.69, 9.17) is 0 Å². The van der Waals surface area contributed by atoms with Crippen LogP contribution < -0.4 is 10.6 Å². The summed E-state index contributed by atoms with van der Waals surface area (Å²) in [5, 5.41) is 9.21. The first-order chi connectivity index (χ1) is 8.20. The van der Waals surface area contributed by atoms with Gasteiger partial charge >= 0.3 is 0 Å². The maximum atomic E-state index is 12.0. The van der Waals surface area contributed by atoms with Gasteiger partial charge in [-0.1, -0.05) is 11.2 Å². The Labute approximate surface area is 98.8 Å². The minimum atomic E-state index is -0.197. The fraction of sp³-hybridized carbons (Fsp3) is 0.167. The summed E-state index contributed by atoms with van der Waals surface area (Å²) in [6, 6.07) is 5.59. The highest BCUT2D eigenvalue weighted by atomic mass is 16.5. The van der Waals surface area contributed by atoms with Crippen LogP contribution in [0.15, 0.2) is 35.2 Å². The Bertz CT molecular complexity index is 521. The first-order valence-corrected chi connectivity index (χ1v) is 5.20. The molecule has 1 heterocycles. The van der Waals surface area contributed by atoms with E-state index < -0.39 is 0 Å². The van der Waals surface area contributed by atoms with Gasteiger partial charge in [-0.05, 0) is 24.6 Å². The minimum absolute atomic E-state index is 0.197. The Morgan fingerprint density at radius 1 is 1.41 bits per heavy atom. The average Bonchev–Trinajstić information content (AvgIpc) is 2.81. The van der Waals surface area contributed by atoms with E-state index in [1.165, 1.54) is 12.5 Å². The number of nitrogens with zero attached hydrogens (tertiary/aromatic N) is 1. The van der Waals surface area contributed by atoms with Crippen molar-refractivity contribution in [2.45, 2.75) is 6.92 Å².